The van der Waals surface area contributed by atoms with Gasteiger partial charge in [-0.3, -0.25) is 4.57 Å². The minimum absolute atomic E-state index is 0.180. The number of hydrogen-bond acceptors (Lipinski definition) is 4. The molecule has 0 amide bonds. The predicted octanol–water partition coefficient (Wildman–Crippen LogP) is 1.25. The van der Waals surface area contributed by atoms with Crippen LogP contribution in [0.1, 0.15) is 24.7 Å². The van der Waals surface area contributed by atoms with Crippen LogP contribution in [0.3, 0.4) is 0 Å². The Balaban J connectivity index is 2.16. The van der Waals surface area contributed by atoms with Crippen LogP contribution in [-0.4, -0.2) is 25.6 Å². The molecule has 0 bridgehead atoms. The second kappa shape index (κ2) is 5.05. The lowest BCUT2D eigenvalue weighted by atomic mass is 10.1. The van der Waals surface area contributed by atoms with E-state index in [0.29, 0.717) is 5.95 Å². The largest absolute Gasteiger partial charge is 0.327 e. The van der Waals surface area contributed by atoms with Crippen molar-refractivity contribution in [2.24, 2.45) is 5.73 Å². The van der Waals surface area contributed by atoms with Gasteiger partial charge in [0, 0.05) is 30.8 Å². The van der Waals surface area contributed by atoms with Crippen LogP contribution in [0.25, 0.3) is 5.95 Å². The number of aryl methyl sites for hydroxylation is 1. The Bertz CT molecular complexity index is 474. The molecule has 2 aromatic rings. The van der Waals surface area contributed by atoms with Crippen molar-refractivity contribution in [2.75, 3.05) is 0 Å². The molecule has 0 saturated carbocycles. The van der Waals surface area contributed by atoms with Crippen molar-refractivity contribution in [3.8, 4) is 5.95 Å². The third kappa shape index (κ3) is 2.68. The first-order valence-electron chi connectivity index (χ1n) is 5.77. The van der Waals surface area contributed by atoms with Crippen molar-refractivity contribution in [3.05, 3.63) is 36.2 Å². The van der Waals surface area contributed by atoms with Crippen LogP contribution in [0.4, 0.5) is 0 Å². The number of aromatic nitrogens is 4. The molecule has 0 aliphatic heterocycles. The fraction of sp³-hybridized carbons (Fsp3) is 0.417. The number of hydrogen-bond donors (Lipinski definition) is 1. The molecule has 1 unspecified atom stereocenters. The monoisotopic (exact) mass is 231 g/mol. The van der Waals surface area contributed by atoms with Gasteiger partial charge in [-0.2, -0.15) is 0 Å². The van der Waals surface area contributed by atoms with Gasteiger partial charge in [-0.1, -0.05) is 6.92 Å². The van der Waals surface area contributed by atoms with Gasteiger partial charge < -0.3 is 5.73 Å². The molecule has 0 fully saturated rings. The molecule has 0 radical (unpaired) electrons. The lowest BCUT2D eigenvalue weighted by molar-refractivity contribution is 0.642. The van der Waals surface area contributed by atoms with Gasteiger partial charge in [0.05, 0.1) is 0 Å². The highest BCUT2D eigenvalue weighted by Gasteiger charge is 2.05. The summed E-state index contributed by atoms with van der Waals surface area (Å²) in [6.07, 6.45) is 9.03. The molecular weight excluding hydrogens is 214 g/mol. The number of rotatable bonds is 4. The number of imidazole rings is 1. The molecule has 0 aromatic carbocycles. The standard InChI is InChI=1S/C12H17N5/c1-3-11(13)6-10-7-15-12(16-8-10)17-5-4-14-9(17)2/h4-5,7-8,11H,3,6,13H2,1-2H3. The van der Waals surface area contributed by atoms with Gasteiger partial charge in [0.15, 0.2) is 0 Å². The van der Waals surface area contributed by atoms with Crippen LogP contribution in [0.5, 0.6) is 0 Å². The first kappa shape index (κ1) is 11.7. The topological polar surface area (TPSA) is 69.6 Å². The smallest absolute Gasteiger partial charge is 0.235 e. The maximum Gasteiger partial charge on any atom is 0.235 e. The summed E-state index contributed by atoms with van der Waals surface area (Å²) in [4.78, 5) is 12.8. The molecule has 2 rings (SSSR count). The molecule has 5 nitrogen and oxygen atoms in total. The van der Waals surface area contributed by atoms with Gasteiger partial charge in [-0.05, 0) is 25.3 Å². The molecule has 0 spiro atoms. The maximum atomic E-state index is 5.89. The van der Waals surface area contributed by atoms with Gasteiger partial charge in [-0.15, -0.1) is 0 Å². The SMILES string of the molecule is CCC(N)Cc1cnc(-n2ccnc2C)nc1. The molecule has 2 N–H and O–H groups in total. The minimum atomic E-state index is 0.180. The third-order valence-electron chi connectivity index (χ3n) is 2.76. The zero-order chi connectivity index (χ0) is 12.3. The van der Waals surface area contributed by atoms with Gasteiger partial charge in [-0.25, -0.2) is 15.0 Å². The van der Waals surface area contributed by atoms with Crippen molar-refractivity contribution >= 4 is 0 Å². The third-order valence-corrected chi connectivity index (χ3v) is 2.76. The maximum absolute atomic E-state index is 5.89. The highest BCUT2D eigenvalue weighted by atomic mass is 15.2. The lowest BCUT2D eigenvalue weighted by Crippen LogP contribution is -2.21. The molecule has 0 aliphatic rings. The Morgan fingerprint density at radius 3 is 2.53 bits per heavy atom. The van der Waals surface area contributed by atoms with Crippen molar-refractivity contribution in [1.82, 2.24) is 19.5 Å². The highest BCUT2D eigenvalue weighted by Crippen LogP contribution is 2.06. The Hall–Kier alpha value is -1.75. The Kier molecular flexibility index (Phi) is 3.49. The Morgan fingerprint density at radius 1 is 1.29 bits per heavy atom. The van der Waals surface area contributed by atoms with E-state index >= 15 is 0 Å². The van der Waals surface area contributed by atoms with Crippen LogP contribution in [0.15, 0.2) is 24.8 Å². The molecule has 17 heavy (non-hydrogen) atoms. The van der Waals surface area contributed by atoms with Crippen molar-refractivity contribution in [3.63, 3.8) is 0 Å². The molecule has 1 atom stereocenters. The molecular formula is C12H17N5. The van der Waals surface area contributed by atoms with Gasteiger partial charge in [0.1, 0.15) is 5.82 Å². The van der Waals surface area contributed by atoms with Crippen LogP contribution in [0.2, 0.25) is 0 Å². The Labute approximate surface area is 101 Å². The Morgan fingerprint density at radius 2 is 2.00 bits per heavy atom. The lowest BCUT2D eigenvalue weighted by Gasteiger charge is -2.08. The van der Waals surface area contributed by atoms with E-state index in [1.54, 1.807) is 6.20 Å². The van der Waals surface area contributed by atoms with Crippen molar-refractivity contribution in [1.29, 1.82) is 0 Å². The second-order valence-corrected chi connectivity index (χ2v) is 4.11. The number of nitrogens with two attached hydrogens (primary N) is 1. The number of nitrogens with zero attached hydrogens (tertiary/aromatic N) is 4. The molecule has 2 heterocycles. The average Bonchev–Trinajstić information content (AvgIpc) is 2.76. The predicted molar refractivity (Wildman–Crippen MR) is 65.9 cm³/mol. The van der Waals surface area contributed by atoms with Gasteiger partial charge in [0.2, 0.25) is 5.95 Å². The molecule has 5 heteroatoms. The van der Waals surface area contributed by atoms with E-state index in [9.17, 15) is 0 Å². The summed E-state index contributed by atoms with van der Waals surface area (Å²) in [7, 11) is 0. The molecule has 0 aliphatic carbocycles. The van der Waals surface area contributed by atoms with Gasteiger partial charge >= 0.3 is 0 Å². The normalized spacial score (nSPS) is 12.6. The molecule has 90 valence electrons. The first-order valence-corrected chi connectivity index (χ1v) is 5.77. The molecule has 2 aromatic heterocycles. The fourth-order valence-corrected chi connectivity index (χ4v) is 1.61. The fourth-order valence-electron chi connectivity index (χ4n) is 1.61. The first-order chi connectivity index (χ1) is 8.20. The van der Waals surface area contributed by atoms with E-state index in [1.165, 1.54) is 0 Å². The van der Waals surface area contributed by atoms with E-state index in [-0.39, 0.29) is 6.04 Å². The summed E-state index contributed by atoms with van der Waals surface area (Å²) in [5.41, 5.74) is 6.96. The summed E-state index contributed by atoms with van der Waals surface area (Å²) >= 11 is 0. The van der Waals surface area contributed by atoms with Crippen molar-refractivity contribution < 1.29 is 0 Å². The van der Waals surface area contributed by atoms with Crippen LogP contribution in [0, 0.1) is 6.92 Å². The second-order valence-electron chi connectivity index (χ2n) is 4.11. The average molecular weight is 231 g/mol. The zero-order valence-corrected chi connectivity index (χ0v) is 10.2. The van der Waals surface area contributed by atoms with E-state index < -0.39 is 0 Å². The minimum Gasteiger partial charge on any atom is -0.327 e. The zero-order valence-electron chi connectivity index (χ0n) is 10.2. The molecule has 0 saturated heterocycles. The van der Waals surface area contributed by atoms with E-state index in [0.717, 1.165) is 24.2 Å². The van der Waals surface area contributed by atoms with E-state index in [1.807, 2.05) is 30.1 Å². The highest BCUT2D eigenvalue weighted by molar-refractivity contribution is 5.17. The summed E-state index contributed by atoms with van der Waals surface area (Å²) < 4.78 is 1.85. The van der Waals surface area contributed by atoms with Crippen molar-refractivity contribution in [2.45, 2.75) is 32.7 Å². The van der Waals surface area contributed by atoms with E-state index in [2.05, 4.69) is 21.9 Å². The summed E-state index contributed by atoms with van der Waals surface area (Å²) in [5.74, 6) is 1.52. The quantitative estimate of drug-likeness (QED) is 0.859. The summed E-state index contributed by atoms with van der Waals surface area (Å²) in [6.45, 7) is 4.00. The van der Waals surface area contributed by atoms with E-state index in [4.69, 9.17) is 5.73 Å². The van der Waals surface area contributed by atoms with Gasteiger partial charge in [0.25, 0.3) is 0 Å². The summed E-state index contributed by atoms with van der Waals surface area (Å²) in [5, 5.41) is 0. The van der Waals surface area contributed by atoms with Crippen LogP contribution >= 0.6 is 0 Å². The summed E-state index contributed by atoms with van der Waals surface area (Å²) in [6, 6.07) is 0.180. The van der Waals surface area contributed by atoms with Crippen LogP contribution in [-0.2, 0) is 6.42 Å². The van der Waals surface area contributed by atoms with Crippen LogP contribution < -0.4 is 5.73 Å².